The van der Waals surface area contributed by atoms with Crippen molar-refractivity contribution in [3.63, 3.8) is 0 Å². The fourth-order valence-electron chi connectivity index (χ4n) is 3.10. The fourth-order valence-corrected chi connectivity index (χ4v) is 3.50. The highest BCUT2D eigenvalue weighted by Gasteiger charge is 2.16. The minimum Gasteiger partial charge on any atom is -0.484 e. The molecular weight excluding hydrogens is 444 g/mol. The Kier molecular flexibility index (Phi) is 6.05. The molecule has 0 bridgehead atoms. The molecule has 4 aromatic rings. The van der Waals surface area contributed by atoms with E-state index in [1.54, 1.807) is 12.1 Å². The predicted octanol–water partition coefficient (Wildman–Crippen LogP) is 5.90. The Hall–Kier alpha value is -3.25. The minimum atomic E-state index is -0.263. The molecule has 2 heterocycles. The lowest BCUT2D eigenvalue weighted by Gasteiger charge is -2.15. The smallest absolute Gasteiger partial charge is 0.287 e. The van der Waals surface area contributed by atoms with Gasteiger partial charge in [0.1, 0.15) is 18.1 Å². The summed E-state index contributed by atoms with van der Waals surface area (Å²) in [5.74, 6) is 1.30. The van der Waals surface area contributed by atoms with Crippen LogP contribution in [0.5, 0.6) is 5.75 Å². The number of para-hydroxylation sites is 1. The van der Waals surface area contributed by atoms with Crippen LogP contribution in [0.3, 0.4) is 0 Å². The molecule has 1 atom stereocenters. The van der Waals surface area contributed by atoms with E-state index >= 15 is 0 Å². The molecule has 0 spiro atoms. The number of furan rings is 1. The highest BCUT2D eigenvalue weighted by molar-refractivity contribution is 9.10. The summed E-state index contributed by atoms with van der Waals surface area (Å²) in [6.07, 6.45) is 3.98. The third-order valence-electron chi connectivity index (χ3n) is 4.71. The number of aromatic nitrogens is 1. The molecule has 2 aromatic heterocycles. The first-order valence-corrected chi connectivity index (χ1v) is 10.4. The van der Waals surface area contributed by atoms with Crippen molar-refractivity contribution in [1.29, 1.82) is 0 Å². The highest BCUT2D eigenvalue weighted by Crippen LogP contribution is 2.25. The zero-order chi connectivity index (χ0) is 20.9. The van der Waals surface area contributed by atoms with Crippen molar-refractivity contribution in [3.05, 3.63) is 107 Å². The standard InChI is InChI=1S/C24H21BrN2O3/c1-17(18-7-6-8-19(15-18)27-13-4-5-14-27)26-24(28)23-12-11-20(30-23)16-29-22-10-3-2-9-21(22)25/h2-15,17H,16H2,1H3,(H,26,28). The van der Waals surface area contributed by atoms with Crippen LogP contribution in [0.4, 0.5) is 0 Å². The van der Waals surface area contributed by atoms with Crippen LogP contribution in [0, 0.1) is 0 Å². The van der Waals surface area contributed by atoms with Crippen molar-refractivity contribution in [3.8, 4) is 11.4 Å². The molecule has 6 heteroatoms. The maximum Gasteiger partial charge on any atom is 0.287 e. The summed E-state index contributed by atoms with van der Waals surface area (Å²) in [6, 6.07) is 22.9. The second-order valence-electron chi connectivity index (χ2n) is 6.87. The van der Waals surface area contributed by atoms with E-state index in [0.717, 1.165) is 21.5 Å². The van der Waals surface area contributed by atoms with Crippen LogP contribution in [-0.4, -0.2) is 10.5 Å². The van der Waals surface area contributed by atoms with E-state index in [1.807, 2.05) is 78.5 Å². The molecule has 152 valence electrons. The number of carbonyl (C=O) groups excluding carboxylic acids is 1. The summed E-state index contributed by atoms with van der Waals surface area (Å²) in [5.41, 5.74) is 2.06. The van der Waals surface area contributed by atoms with Gasteiger partial charge in [0.25, 0.3) is 5.91 Å². The van der Waals surface area contributed by atoms with E-state index in [4.69, 9.17) is 9.15 Å². The Labute approximate surface area is 183 Å². The van der Waals surface area contributed by atoms with Gasteiger partial charge in [-0.25, -0.2) is 0 Å². The quantitative estimate of drug-likeness (QED) is 0.370. The molecule has 1 amide bonds. The van der Waals surface area contributed by atoms with Crippen LogP contribution in [0.25, 0.3) is 5.69 Å². The zero-order valence-electron chi connectivity index (χ0n) is 16.4. The molecule has 0 aliphatic rings. The Morgan fingerprint density at radius 1 is 1.07 bits per heavy atom. The van der Waals surface area contributed by atoms with Gasteiger partial charge in [-0.1, -0.05) is 24.3 Å². The van der Waals surface area contributed by atoms with E-state index in [1.165, 1.54) is 0 Å². The number of hydrogen-bond donors (Lipinski definition) is 1. The third-order valence-corrected chi connectivity index (χ3v) is 5.37. The normalized spacial score (nSPS) is 11.8. The lowest BCUT2D eigenvalue weighted by molar-refractivity contribution is 0.0907. The first-order valence-electron chi connectivity index (χ1n) is 9.60. The van der Waals surface area contributed by atoms with Gasteiger partial charge in [-0.05, 0) is 76.9 Å². The number of benzene rings is 2. The number of nitrogens with zero attached hydrogens (tertiary/aromatic N) is 1. The van der Waals surface area contributed by atoms with E-state index in [-0.39, 0.29) is 24.3 Å². The molecule has 0 aliphatic heterocycles. The fraction of sp³-hybridized carbons (Fsp3) is 0.125. The SMILES string of the molecule is CC(NC(=O)c1ccc(COc2ccccc2Br)o1)c1cccc(-n2cccc2)c1. The summed E-state index contributed by atoms with van der Waals surface area (Å²) in [6.45, 7) is 2.19. The minimum absolute atomic E-state index is 0.168. The summed E-state index contributed by atoms with van der Waals surface area (Å²) < 4.78 is 14.3. The Bertz CT molecular complexity index is 1130. The van der Waals surface area contributed by atoms with Crippen molar-refractivity contribution in [2.45, 2.75) is 19.6 Å². The van der Waals surface area contributed by atoms with Crippen LogP contribution in [-0.2, 0) is 6.61 Å². The number of ether oxygens (including phenoxy) is 1. The van der Waals surface area contributed by atoms with E-state index in [9.17, 15) is 4.79 Å². The van der Waals surface area contributed by atoms with Gasteiger partial charge in [-0.3, -0.25) is 4.79 Å². The predicted molar refractivity (Wildman–Crippen MR) is 119 cm³/mol. The number of carbonyl (C=O) groups is 1. The molecule has 2 aromatic carbocycles. The van der Waals surface area contributed by atoms with Crippen LogP contribution < -0.4 is 10.1 Å². The van der Waals surface area contributed by atoms with Crippen LogP contribution >= 0.6 is 15.9 Å². The second kappa shape index (κ2) is 9.05. The number of amides is 1. The molecule has 5 nitrogen and oxygen atoms in total. The average Bonchev–Trinajstić information content (AvgIpc) is 3.46. The number of nitrogens with one attached hydrogen (secondary N) is 1. The average molecular weight is 465 g/mol. The number of hydrogen-bond acceptors (Lipinski definition) is 3. The first-order chi connectivity index (χ1) is 14.6. The van der Waals surface area contributed by atoms with Gasteiger partial charge in [0.15, 0.2) is 5.76 Å². The van der Waals surface area contributed by atoms with E-state index < -0.39 is 0 Å². The summed E-state index contributed by atoms with van der Waals surface area (Å²) >= 11 is 3.44. The van der Waals surface area contributed by atoms with Gasteiger partial charge in [0, 0.05) is 18.1 Å². The molecule has 0 saturated carbocycles. The van der Waals surface area contributed by atoms with Gasteiger partial charge >= 0.3 is 0 Å². The van der Waals surface area contributed by atoms with Gasteiger partial charge in [-0.2, -0.15) is 0 Å². The molecule has 0 fully saturated rings. The summed E-state index contributed by atoms with van der Waals surface area (Å²) in [5, 5.41) is 2.99. The van der Waals surface area contributed by atoms with E-state index in [2.05, 4.69) is 27.3 Å². The molecule has 0 aliphatic carbocycles. The Morgan fingerprint density at radius 2 is 1.87 bits per heavy atom. The lowest BCUT2D eigenvalue weighted by Crippen LogP contribution is -2.26. The van der Waals surface area contributed by atoms with Crippen LogP contribution in [0.1, 0.15) is 34.8 Å². The highest BCUT2D eigenvalue weighted by atomic mass is 79.9. The second-order valence-corrected chi connectivity index (χ2v) is 7.72. The lowest BCUT2D eigenvalue weighted by atomic mass is 10.1. The van der Waals surface area contributed by atoms with Crippen LogP contribution in [0.15, 0.2) is 94.1 Å². The summed E-state index contributed by atoms with van der Waals surface area (Å²) in [4.78, 5) is 12.6. The monoisotopic (exact) mass is 464 g/mol. The molecule has 1 unspecified atom stereocenters. The van der Waals surface area contributed by atoms with Gasteiger partial charge in [-0.15, -0.1) is 0 Å². The van der Waals surface area contributed by atoms with Crippen molar-refractivity contribution in [2.24, 2.45) is 0 Å². The third kappa shape index (κ3) is 4.66. The van der Waals surface area contributed by atoms with Crippen molar-refractivity contribution >= 4 is 21.8 Å². The van der Waals surface area contributed by atoms with Gasteiger partial charge < -0.3 is 19.0 Å². The van der Waals surface area contributed by atoms with Crippen molar-refractivity contribution < 1.29 is 13.9 Å². The number of rotatable bonds is 7. The van der Waals surface area contributed by atoms with Crippen molar-refractivity contribution in [2.75, 3.05) is 0 Å². The van der Waals surface area contributed by atoms with Crippen LogP contribution in [0.2, 0.25) is 0 Å². The van der Waals surface area contributed by atoms with E-state index in [0.29, 0.717) is 5.76 Å². The molecule has 30 heavy (non-hydrogen) atoms. The molecule has 4 rings (SSSR count). The Morgan fingerprint density at radius 3 is 2.67 bits per heavy atom. The Balaban J connectivity index is 1.38. The maximum absolute atomic E-state index is 12.6. The first kappa shape index (κ1) is 20.0. The topological polar surface area (TPSA) is 56.4 Å². The van der Waals surface area contributed by atoms with Crippen molar-refractivity contribution in [1.82, 2.24) is 9.88 Å². The summed E-state index contributed by atoms with van der Waals surface area (Å²) in [7, 11) is 0. The largest absolute Gasteiger partial charge is 0.484 e. The molecular formula is C24H21BrN2O3. The molecule has 0 saturated heterocycles. The molecule has 1 N–H and O–H groups in total. The zero-order valence-corrected chi connectivity index (χ0v) is 18.0. The van der Waals surface area contributed by atoms with Gasteiger partial charge in [0.2, 0.25) is 0 Å². The number of halogens is 1. The molecule has 0 radical (unpaired) electrons. The maximum atomic E-state index is 12.6. The van der Waals surface area contributed by atoms with Gasteiger partial charge in [0.05, 0.1) is 10.5 Å².